The molecule has 1 aromatic carbocycles. The Hall–Kier alpha value is -1.79. The van der Waals surface area contributed by atoms with Gasteiger partial charge in [0.15, 0.2) is 0 Å². The minimum absolute atomic E-state index is 0.131. The molecule has 2 heterocycles. The van der Waals surface area contributed by atoms with Gasteiger partial charge in [-0.3, -0.25) is 14.5 Å². The minimum atomic E-state index is -0.690. The average molecular weight is 297 g/mol. The fourth-order valence-corrected chi connectivity index (χ4v) is 2.64. The van der Waals surface area contributed by atoms with E-state index in [4.69, 9.17) is 11.6 Å². The Labute approximate surface area is 116 Å². The number of nitrogens with zero attached hydrogens (tertiary/aromatic N) is 2. The van der Waals surface area contributed by atoms with Crippen LogP contribution in [-0.2, 0) is 11.3 Å². The Bertz CT molecular complexity index is 687. The van der Waals surface area contributed by atoms with Gasteiger partial charge < -0.3 is 0 Å². The summed E-state index contributed by atoms with van der Waals surface area (Å²) < 4.78 is 13.5. The van der Waals surface area contributed by atoms with Gasteiger partial charge in [-0.05, 0) is 12.1 Å². The number of aromatic nitrogens is 1. The molecule has 7 heteroatoms. The van der Waals surface area contributed by atoms with Gasteiger partial charge in [-0.1, -0.05) is 11.6 Å². The molecule has 96 valence electrons. The molecule has 1 aliphatic rings. The van der Waals surface area contributed by atoms with Gasteiger partial charge in [0.1, 0.15) is 5.82 Å². The first-order chi connectivity index (χ1) is 9.08. The second kappa shape index (κ2) is 4.40. The molecule has 2 aromatic rings. The van der Waals surface area contributed by atoms with Crippen LogP contribution in [0.15, 0.2) is 23.0 Å². The summed E-state index contributed by atoms with van der Waals surface area (Å²) in [6.45, 7) is 0.141. The molecule has 1 amide bonds. The maximum absolute atomic E-state index is 13.5. The SMILES string of the molecule is O=C1C(=O)N(Cc2cscn2)c2cc(F)c(Cl)cc21. The Balaban J connectivity index is 2.06. The zero-order valence-corrected chi connectivity index (χ0v) is 11.0. The Morgan fingerprint density at radius 1 is 1.37 bits per heavy atom. The highest BCUT2D eigenvalue weighted by molar-refractivity contribution is 7.07. The van der Waals surface area contributed by atoms with Gasteiger partial charge in [0.05, 0.1) is 34.0 Å². The molecule has 0 unspecified atom stereocenters. The number of fused-ring (bicyclic) bond motifs is 1. The summed E-state index contributed by atoms with van der Waals surface area (Å²) >= 11 is 7.01. The van der Waals surface area contributed by atoms with Crippen molar-refractivity contribution in [3.63, 3.8) is 0 Å². The number of ketones is 1. The van der Waals surface area contributed by atoms with E-state index in [0.717, 1.165) is 6.07 Å². The number of benzene rings is 1. The third-order valence-electron chi connectivity index (χ3n) is 2.82. The topological polar surface area (TPSA) is 50.3 Å². The van der Waals surface area contributed by atoms with Crippen molar-refractivity contribution in [2.24, 2.45) is 0 Å². The lowest BCUT2D eigenvalue weighted by atomic mass is 10.1. The average Bonchev–Trinajstić information content (AvgIpc) is 2.96. The monoisotopic (exact) mass is 296 g/mol. The number of rotatable bonds is 2. The summed E-state index contributed by atoms with van der Waals surface area (Å²) in [5, 5.41) is 1.59. The van der Waals surface area contributed by atoms with Crippen LogP contribution >= 0.6 is 22.9 Å². The van der Waals surface area contributed by atoms with Crippen molar-refractivity contribution < 1.29 is 14.0 Å². The first kappa shape index (κ1) is 12.3. The number of Topliss-reactive ketones (excluding diaryl/α,β-unsaturated/α-hetero) is 1. The van der Waals surface area contributed by atoms with E-state index < -0.39 is 17.5 Å². The van der Waals surface area contributed by atoms with E-state index in [0.29, 0.717) is 5.69 Å². The van der Waals surface area contributed by atoms with Gasteiger partial charge >= 0.3 is 0 Å². The summed E-state index contributed by atoms with van der Waals surface area (Å²) in [4.78, 5) is 29.0. The molecule has 1 aromatic heterocycles. The second-order valence-corrected chi connectivity index (χ2v) is 5.11. The zero-order valence-electron chi connectivity index (χ0n) is 9.39. The Morgan fingerprint density at radius 3 is 2.84 bits per heavy atom. The van der Waals surface area contributed by atoms with Gasteiger partial charge in [-0.15, -0.1) is 11.3 Å². The Morgan fingerprint density at radius 2 is 2.16 bits per heavy atom. The number of thiazole rings is 1. The van der Waals surface area contributed by atoms with E-state index in [1.54, 1.807) is 10.9 Å². The molecule has 0 bridgehead atoms. The number of halogens is 2. The molecule has 0 radical (unpaired) electrons. The summed E-state index contributed by atoms with van der Waals surface area (Å²) in [6, 6.07) is 2.29. The van der Waals surface area contributed by atoms with Crippen molar-refractivity contribution in [1.29, 1.82) is 0 Å². The van der Waals surface area contributed by atoms with E-state index in [-0.39, 0.29) is 22.8 Å². The van der Waals surface area contributed by atoms with Gasteiger partial charge in [0.25, 0.3) is 11.7 Å². The molecule has 1 aliphatic heterocycles. The van der Waals surface area contributed by atoms with Crippen LogP contribution in [0.2, 0.25) is 5.02 Å². The van der Waals surface area contributed by atoms with Gasteiger partial charge in [0.2, 0.25) is 0 Å². The summed E-state index contributed by atoms with van der Waals surface area (Å²) in [7, 11) is 0. The second-order valence-electron chi connectivity index (χ2n) is 3.98. The normalized spacial score (nSPS) is 14.1. The number of amides is 1. The van der Waals surface area contributed by atoms with E-state index >= 15 is 0 Å². The molecule has 4 nitrogen and oxygen atoms in total. The van der Waals surface area contributed by atoms with Crippen LogP contribution in [0.1, 0.15) is 16.1 Å². The maximum atomic E-state index is 13.5. The van der Waals surface area contributed by atoms with Crippen molar-refractivity contribution >= 4 is 40.3 Å². The predicted molar refractivity (Wildman–Crippen MR) is 69.0 cm³/mol. The van der Waals surface area contributed by atoms with Crippen molar-refractivity contribution in [2.75, 3.05) is 4.90 Å². The lowest BCUT2D eigenvalue weighted by Gasteiger charge is -2.15. The van der Waals surface area contributed by atoms with Crippen LogP contribution in [-0.4, -0.2) is 16.7 Å². The van der Waals surface area contributed by atoms with Crippen LogP contribution in [0.4, 0.5) is 10.1 Å². The maximum Gasteiger partial charge on any atom is 0.299 e. The number of carbonyl (C=O) groups excluding carboxylic acids is 2. The highest BCUT2D eigenvalue weighted by atomic mass is 35.5. The summed E-state index contributed by atoms with van der Waals surface area (Å²) in [5.41, 5.74) is 2.65. The number of carbonyl (C=O) groups is 2. The molecular weight excluding hydrogens is 291 g/mol. The highest BCUT2D eigenvalue weighted by Gasteiger charge is 2.37. The number of anilines is 1. The Kier molecular flexibility index (Phi) is 2.83. The minimum Gasteiger partial charge on any atom is -0.299 e. The summed E-state index contributed by atoms with van der Waals surface area (Å²) in [6.07, 6.45) is 0. The van der Waals surface area contributed by atoms with E-state index in [1.165, 1.54) is 22.3 Å². The van der Waals surface area contributed by atoms with Crippen molar-refractivity contribution in [1.82, 2.24) is 4.98 Å². The molecule has 0 atom stereocenters. The van der Waals surface area contributed by atoms with Crippen LogP contribution in [0.25, 0.3) is 0 Å². The quantitative estimate of drug-likeness (QED) is 0.801. The molecule has 0 N–H and O–H groups in total. The first-order valence-electron chi connectivity index (χ1n) is 5.30. The fourth-order valence-electron chi connectivity index (χ4n) is 1.92. The number of hydrogen-bond acceptors (Lipinski definition) is 4. The molecule has 0 fully saturated rings. The highest BCUT2D eigenvalue weighted by Crippen LogP contribution is 2.34. The van der Waals surface area contributed by atoms with Crippen LogP contribution in [0.3, 0.4) is 0 Å². The molecule has 19 heavy (non-hydrogen) atoms. The van der Waals surface area contributed by atoms with Gasteiger partial charge in [0, 0.05) is 5.38 Å². The zero-order chi connectivity index (χ0) is 13.6. The molecule has 0 saturated carbocycles. The molecule has 0 spiro atoms. The molecular formula is C12H6ClFN2O2S. The van der Waals surface area contributed by atoms with Crippen LogP contribution in [0, 0.1) is 5.82 Å². The third kappa shape index (κ3) is 1.93. The largest absolute Gasteiger partial charge is 0.299 e. The van der Waals surface area contributed by atoms with Crippen molar-refractivity contribution in [3.05, 3.63) is 45.1 Å². The lowest BCUT2D eigenvalue weighted by Crippen LogP contribution is -2.29. The van der Waals surface area contributed by atoms with Crippen LogP contribution in [0.5, 0.6) is 0 Å². The molecule has 0 saturated heterocycles. The molecule has 3 rings (SSSR count). The third-order valence-corrected chi connectivity index (χ3v) is 3.74. The van der Waals surface area contributed by atoms with E-state index in [2.05, 4.69) is 4.98 Å². The van der Waals surface area contributed by atoms with E-state index in [1.807, 2.05) is 0 Å². The smallest absolute Gasteiger partial charge is 0.299 e. The lowest BCUT2D eigenvalue weighted by molar-refractivity contribution is -0.114. The van der Waals surface area contributed by atoms with Crippen molar-refractivity contribution in [3.8, 4) is 0 Å². The summed E-state index contributed by atoms with van der Waals surface area (Å²) in [5.74, 6) is -2.03. The van der Waals surface area contributed by atoms with Gasteiger partial charge in [-0.2, -0.15) is 0 Å². The van der Waals surface area contributed by atoms with E-state index in [9.17, 15) is 14.0 Å². The first-order valence-corrected chi connectivity index (χ1v) is 6.62. The standard InChI is InChI=1S/C12H6ClFN2O2S/c13-8-1-7-10(2-9(8)14)16(12(18)11(7)17)3-6-4-19-5-15-6/h1-2,4-5H,3H2. The number of hydrogen-bond donors (Lipinski definition) is 0. The van der Waals surface area contributed by atoms with Crippen molar-refractivity contribution in [2.45, 2.75) is 6.54 Å². The van der Waals surface area contributed by atoms with Gasteiger partial charge in [-0.25, -0.2) is 9.37 Å². The fraction of sp³-hybridized carbons (Fsp3) is 0.0833. The van der Waals surface area contributed by atoms with Crippen LogP contribution < -0.4 is 4.90 Å². The predicted octanol–water partition coefficient (Wildman–Crippen LogP) is 2.67. The molecule has 0 aliphatic carbocycles.